The number of alkyl halides is 3. The smallest absolute Gasteiger partial charge is 0.354 e. The van der Waals surface area contributed by atoms with Gasteiger partial charge in [0.05, 0.1) is 16.1 Å². The second-order valence-electron chi connectivity index (χ2n) is 11.9. The highest BCUT2D eigenvalue weighted by molar-refractivity contribution is 7.92. The molecule has 0 heterocycles. The molecule has 0 aliphatic rings. The number of hydrogen-bond donors (Lipinski definition) is 1. The zero-order chi connectivity index (χ0) is 35.1. The number of hydrogen-bond acceptors (Lipinski definition) is 4. The van der Waals surface area contributed by atoms with E-state index in [1.807, 2.05) is 32.0 Å². The van der Waals surface area contributed by atoms with Gasteiger partial charge in [-0.1, -0.05) is 91.7 Å². The summed E-state index contributed by atoms with van der Waals surface area (Å²) in [5, 5.41) is 3.28. The third kappa shape index (κ3) is 9.60. The molecule has 254 valence electrons. The molecule has 0 spiro atoms. The van der Waals surface area contributed by atoms with Crippen LogP contribution in [0.3, 0.4) is 0 Å². The molecule has 0 unspecified atom stereocenters. The lowest BCUT2D eigenvalue weighted by molar-refractivity contribution is -0.140. The molecular weight excluding hydrogens is 663 g/mol. The number of anilines is 1. The van der Waals surface area contributed by atoms with Crippen molar-refractivity contribution < 1.29 is 31.2 Å². The minimum Gasteiger partial charge on any atom is -0.354 e. The van der Waals surface area contributed by atoms with Crippen LogP contribution in [0.4, 0.5) is 18.9 Å². The van der Waals surface area contributed by atoms with Gasteiger partial charge in [-0.25, -0.2) is 8.42 Å². The maximum absolute atomic E-state index is 14.5. The summed E-state index contributed by atoms with van der Waals surface area (Å²) in [5.41, 5.74) is 0.637. The Kier molecular flexibility index (Phi) is 11.9. The molecule has 4 rings (SSSR count). The molecule has 12 heteroatoms. The van der Waals surface area contributed by atoms with Gasteiger partial charge in [0.1, 0.15) is 12.6 Å². The molecule has 1 N–H and O–H groups in total. The molecule has 48 heavy (non-hydrogen) atoms. The first-order chi connectivity index (χ1) is 22.6. The Labute approximate surface area is 284 Å². The summed E-state index contributed by atoms with van der Waals surface area (Å²) in [6, 6.07) is 24.2. The van der Waals surface area contributed by atoms with E-state index in [1.165, 1.54) is 23.1 Å². The highest BCUT2D eigenvalue weighted by Crippen LogP contribution is 2.33. The van der Waals surface area contributed by atoms with Crippen LogP contribution in [0.15, 0.2) is 108 Å². The summed E-state index contributed by atoms with van der Waals surface area (Å²) in [6.45, 7) is 4.90. The van der Waals surface area contributed by atoms with Crippen molar-refractivity contribution in [1.29, 1.82) is 0 Å². The van der Waals surface area contributed by atoms with Gasteiger partial charge in [-0.2, -0.15) is 13.2 Å². The fourth-order valence-electron chi connectivity index (χ4n) is 5.01. The van der Waals surface area contributed by atoms with E-state index in [2.05, 4.69) is 5.32 Å². The Bertz CT molecular complexity index is 1820. The number of nitrogens with one attached hydrogen (secondary N) is 1. The maximum Gasteiger partial charge on any atom is 0.416 e. The summed E-state index contributed by atoms with van der Waals surface area (Å²) >= 11 is 6.26. The largest absolute Gasteiger partial charge is 0.416 e. The summed E-state index contributed by atoms with van der Waals surface area (Å²) in [5.74, 6) is -1.17. The van der Waals surface area contributed by atoms with E-state index in [0.29, 0.717) is 27.5 Å². The molecule has 0 bridgehead atoms. The number of carbonyl (C=O) groups is 2. The minimum atomic E-state index is -4.77. The van der Waals surface area contributed by atoms with Crippen LogP contribution in [0.1, 0.15) is 36.1 Å². The van der Waals surface area contributed by atoms with Crippen LogP contribution in [0.5, 0.6) is 0 Å². The van der Waals surface area contributed by atoms with Crippen LogP contribution in [-0.4, -0.2) is 44.3 Å². The number of sulfonamides is 1. The highest BCUT2D eigenvalue weighted by atomic mass is 35.5. The second-order valence-corrected chi connectivity index (χ2v) is 14.2. The topological polar surface area (TPSA) is 86.8 Å². The minimum absolute atomic E-state index is 0.0886. The lowest BCUT2D eigenvalue weighted by Crippen LogP contribution is -2.53. The first-order valence-electron chi connectivity index (χ1n) is 15.3. The SMILES string of the molecule is Cc1ccc(S(=O)(=O)N(CC(=O)N(Cc2cccc(Cl)c2)[C@H](Cc2ccccc2)C(=O)NCC(C)C)c2cccc(C(F)(F)F)c2)cc1. The monoisotopic (exact) mass is 699 g/mol. The summed E-state index contributed by atoms with van der Waals surface area (Å²) in [7, 11) is -4.57. The fraction of sp³-hybridized carbons (Fsp3) is 0.278. The number of halogens is 4. The first kappa shape index (κ1) is 36.5. The number of amides is 2. The Morgan fingerprint density at radius 2 is 1.50 bits per heavy atom. The predicted octanol–water partition coefficient (Wildman–Crippen LogP) is 7.27. The molecule has 1 atom stereocenters. The van der Waals surface area contributed by atoms with Crippen molar-refractivity contribution in [2.24, 2.45) is 5.92 Å². The Morgan fingerprint density at radius 3 is 2.12 bits per heavy atom. The Morgan fingerprint density at radius 1 is 0.854 bits per heavy atom. The van der Waals surface area contributed by atoms with E-state index >= 15 is 0 Å². The third-order valence-electron chi connectivity index (χ3n) is 7.55. The number of carbonyl (C=O) groups excluding carboxylic acids is 2. The summed E-state index contributed by atoms with van der Waals surface area (Å²) < 4.78 is 70.3. The summed E-state index contributed by atoms with van der Waals surface area (Å²) in [6.07, 6.45) is -4.68. The zero-order valence-electron chi connectivity index (χ0n) is 26.7. The van der Waals surface area contributed by atoms with E-state index in [9.17, 15) is 31.2 Å². The molecule has 0 fully saturated rings. The Hall–Kier alpha value is -4.35. The molecule has 2 amide bonds. The van der Waals surface area contributed by atoms with Gasteiger partial charge in [0, 0.05) is 24.5 Å². The van der Waals surface area contributed by atoms with Crippen molar-refractivity contribution in [3.63, 3.8) is 0 Å². The van der Waals surface area contributed by atoms with Gasteiger partial charge < -0.3 is 10.2 Å². The van der Waals surface area contributed by atoms with Gasteiger partial charge in [-0.3, -0.25) is 13.9 Å². The van der Waals surface area contributed by atoms with Gasteiger partial charge in [0.2, 0.25) is 11.8 Å². The van der Waals surface area contributed by atoms with Crippen LogP contribution in [0, 0.1) is 12.8 Å². The van der Waals surface area contributed by atoms with Crippen molar-refractivity contribution in [3.8, 4) is 0 Å². The van der Waals surface area contributed by atoms with Gasteiger partial charge in [0.25, 0.3) is 10.0 Å². The number of nitrogens with zero attached hydrogens (tertiary/aromatic N) is 2. The van der Waals surface area contributed by atoms with Gasteiger partial charge in [-0.15, -0.1) is 0 Å². The van der Waals surface area contributed by atoms with Crippen LogP contribution in [0.2, 0.25) is 5.02 Å². The zero-order valence-corrected chi connectivity index (χ0v) is 28.3. The third-order valence-corrected chi connectivity index (χ3v) is 9.57. The first-order valence-corrected chi connectivity index (χ1v) is 17.1. The molecule has 0 radical (unpaired) electrons. The number of benzene rings is 4. The number of aryl methyl sites for hydroxylation is 1. The van der Waals surface area contributed by atoms with Crippen LogP contribution < -0.4 is 9.62 Å². The standard InChI is InChI=1S/C36H37ClF3N3O4S/c1-25(2)22-41-35(45)33(20-27-9-5-4-6-10-27)42(23-28-11-7-13-30(37)19-28)34(44)24-43(31-14-8-12-29(21-31)36(38,39)40)48(46,47)32-17-15-26(3)16-18-32/h4-19,21,25,33H,20,22-24H2,1-3H3,(H,41,45)/t33-/m1/s1. The Balaban J connectivity index is 1.84. The van der Waals surface area contributed by atoms with Gasteiger partial charge in [-0.05, 0) is 66.4 Å². The molecule has 0 aromatic heterocycles. The molecule has 0 aliphatic carbocycles. The van der Waals surface area contributed by atoms with E-state index < -0.39 is 46.2 Å². The number of rotatable bonds is 13. The second kappa shape index (κ2) is 15.7. The van der Waals surface area contributed by atoms with Crippen molar-refractivity contribution in [2.75, 3.05) is 17.4 Å². The van der Waals surface area contributed by atoms with Crippen molar-refractivity contribution >= 4 is 39.1 Å². The molecule has 7 nitrogen and oxygen atoms in total. The van der Waals surface area contributed by atoms with Crippen molar-refractivity contribution in [2.45, 2.75) is 50.9 Å². The van der Waals surface area contributed by atoms with Gasteiger partial charge in [0.15, 0.2) is 0 Å². The van der Waals surface area contributed by atoms with E-state index in [0.717, 1.165) is 23.3 Å². The van der Waals surface area contributed by atoms with E-state index in [1.54, 1.807) is 55.5 Å². The highest BCUT2D eigenvalue weighted by Gasteiger charge is 2.36. The molecule has 0 saturated heterocycles. The lowest BCUT2D eigenvalue weighted by atomic mass is 10.0. The van der Waals surface area contributed by atoms with Crippen molar-refractivity contribution in [3.05, 3.63) is 130 Å². The van der Waals surface area contributed by atoms with E-state index in [-0.39, 0.29) is 29.5 Å². The molecular formula is C36H37ClF3N3O4S. The van der Waals surface area contributed by atoms with Crippen molar-refractivity contribution in [1.82, 2.24) is 10.2 Å². The van der Waals surface area contributed by atoms with Crippen LogP contribution >= 0.6 is 11.6 Å². The average molecular weight is 700 g/mol. The average Bonchev–Trinajstić information content (AvgIpc) is 3.04. The quantitative estimate of drug-likeness (QED) is 0.159. The molecule has 4 aromatic carbocycles. The lowest BCUT2D eigenvalue weighted by Gasteiger charge is -2.34. The maximum atomic E-state index is 14.5. The molecule has 4 aromatic rings. The fourth-order valence-corrected chi connectivity index (χ4v) is 6.63. The van der Waals surface area contributed by atoms with Crippen LogP contribution in [0.25, 0.3) is 0 Å². The normalized spacial score (nSPS) is 12.4. The predicted molar refractivity (Wildman–Crippen MR) is 181 cm³/mol. The van der Waals surface area contributed by atoms with Crippen LogP contribution in [-0.2, 0) is 38.8 Å². The van der Waals surface area contributed by atoms with E-state index in [4.69, 9.17) is 11.6 Å². The summed E-state index contributed by atoms with van der Waals surface area (Å²) in [4.78, 5) is 29.4. The van der Waals surface area contributed by atoms with Gasteiger partial charge >= 0.3 is 6.18 Å². The molecule has 0 aliphatic heterocycles. The molecule has 0 saturated carbocycles.